The van der Waals surface area contributed by atoms with Crippen molar-refractivity contribution in [2.45, 2.75) is 13.5 Å². The van der Waals surface area contributed by atoms with Gasteiger partial charge in [0.25, 0.3) is 5.69 Å². The van der Waals surface area contributed by atoms with Crippen molar-refractivity contribution in [2.75, 3.05) is 26.7 Å². The first-order valence-corrected chi connectivity index (χ1v) is 5.86. The molecule has 0 saturated heterocycles. The van der Waals surface area contributed by atoms with E-state index in [4.69, 9.17) is 10.5 Å². The topological polar surface area (TPSA) is 81.6 Å². The highest BCUT2D eigenvalue weighted by molar-refractivity contribution is 5.43. The molecular weight excluding hydrogens is 234 g/mol. The Labute approximate surface area is 106 Å². The zero-order valence-electron chi connectivity index (χ0n) is 10.8. The fourth-order valence-corrected chi connectivity index (χ4v) is 1.77. The second kappa shape index (κ2) is 6.93. The third-order valence-electron chi connectivity index (χ3n) is 2.76. The van der Waals surface area contributed by atoms with E-state index in [1.165, 1.54) is 6.07 Å². The first-order valence-electron chi connectivity index (χ1n) is 5.86. The average Bonchev–Trinajstić information content (AvgIpc) is 2.37. The second-order valence-corrected chi connectivity index (χ2v) is 3.91. The Morgan fingerprint density at radius 3 is 2.72 bits per heavy atom. The van der Waals surface area contributed by atoms with Crippen molar-refractivity contribution in [2.24, 2.45) is 5.73 Å². The number of nitrogens with two attached hydrogens (primary N) is 1. The van der Waals surface area contributed by atoms with Gasteiger partial charge in [-0.1, -0.05) is 6.92 Å². The molecule has 1 aromatic carbocycles. The molecule has 0 atom stereocenters. The number of methoxy groups -OCH3 is 1. The maximum Gasteiger partial charge on any atom is 0.270 e. The molecule has 0 aromatic heterocycles. The number of rotatable bonds is 7. The Balaban J connectivity index is 2.96. The molecule has 0 unspecified atom stereocenters. The van der Waals surface area contributed by atoms with Gasteiger partial charge in [-0.05, 0) is 12.6 Å². The summed E-state index contributed by atoms with van der Waals surface area (Å²) in [6.45, 7) is 4.77. The third-order valence-corrected chi connectivity index (χ3v) is 2.76. The SMILES string of the molecule is CCN(CCN)Cc1cc([N+](=O)[O-])ccc1OC. The smallest absolute Gasteiger partial charge is 0.270 e. The first-order chi connectivity index (χ1) is 8.62. The van der Waals surface area contributed by atoms with Crippen LogP contribution in [0.5, 0.6) is 5.75 Å². The Hall–Kier alpha value is -1.66. The minimum Gasteiger partial charge on any atom is -0.496 e. The van der Waals surface area contributed by atoms with Gasteiger partial charge in [0.05, 0.1) is 12.0 Å². The van der Waals surface area contributed by atoms with E-state index in [1.54, 1.807) is 19.2 Å². The Kier molecular flexibility index (Phi) is 5.54. The van der Waals surface area contributed by atoms with Gasteiger partial charge in [0.2, 0.25) is 0 Å². The van der Waals surface area contributed by atoms with Crippen molar-refractivity contribution in [1.29, 1.82) is 0 Å². The molecule has 2 N–H and O–H groups in total. The van der Waals surface area contributed by atoms with Gasteiger partial charge in [-0.25, -0.2) is 0 Å². The minimum absolute atomic E-state index is 0.0783. The summed E-state index contributed by atoms with van der Waals surface area (Å²) in [5, 5.41) is 10.8. The molecule has 1 rings (SSSR count). The number of nitrogens with zero attached hydrogens (tertiary/aromatic N) is 2. The van der Waals surface area contributed by atoms with Gasteiger partial charge < -0.3 is 10.5 Å². The van der Waals surface area contributed by atoms with Gasteiger partial charge in [0.15, 0.2) is 0 Å². The Morgan fingerprint density at radius 2 is 2.22 bits per heavy atom. The van der Waals surface area contributed by atoms with Crippen LogP contribution >= 0.6 is 0 Å². The van der Waals surface area contributed by atoms with Crippen LogP contribution in [0.25, 0.3) is 0 Å². The number of hydrogen-bond donors (Lipinski definition) is 1. The molecule has 0 aliphatic rings. The highest BCUT2D eigenvalue weighted by Crippen LogP contribution is 2.25. The van der Waals surface area contributed by atoms with Crippen LogP contribution in [0, 0.1) is 10.1 Å². The van der Waals surface area contributed by atoms with E-state index in [0.29, 0.717) is 18.8 Å². The fourth-order valence-electron chi connectivity index (χ4n) is 1.77. The predicted octanol–water partition coefficient (Wildman–Crippen LogP) is 1.38. The number of nitro benzene ring substituents is 1. The average molecular weight is 253 g/mol. The van der Waals surface area contributed by atoms with E-state index < -0.39 is 4.92 Å². The number of benzene rings is 1. The minimum atomic E-state index is -0.401. The van der Waals surface area contributed by atoms with Crippen LogP contribution in [0.2, 0.25) is 0 Å². The number of nitro groups is 1. The van der Waals surface area contributed by atoms with E-state index in [1.807, 2.05) is 6.92 Å². The Morgan fingerprint density at radius 1 is 1.50 bits per heavy atom. The molecule has 0 aliphatic carbocycles. The highest BCUT2D eigenvalue weighted by Gasteiger charge is 2.13. The van der Waals surface area contributed by atoms with Crippen LogP contribution in [-0.4, -0.2) is 36.6 Å². The van der Waals surface area contributed by atoms with Crippen LogP contribution in [-0.2, 0) is 6.54 Å². The summed E-state index contributed by atoms with van der Waals surface area (Å²) in [6.07, 6.45) is 0. The molecule has 100 valence electrons. The summed E-state index contributed by atoms with van der Waals surface area (Å²) < 4.78 is 5.22. The molecule has 0 fully saturated rings. The monoisotopic (exact) mass is 253 g/mol. The van der Waals surface area contributed by atoms with Crippen molar-refractivity contribution in [3.8, 4) is 5.75 Å². The molecule has 0 heterocycles. The highest BCUT2D eigenvalue weighted by atomic mass is 16.6. The normalized spacial score (nSPS) is 10.7. The van der Waals surface area contributed by atoms with Crippen LogP contribution < -0.4 is 10.5 Å². The zero-order chi connectivity index (χ0) is 13.5. The molecule has 6 nitrogen and oxygen atoms in total. The molecule has 6 heteroatoms. The molecule has 1 aromatic rings. The summed E-state index contributed by atoms with van der Waals surface area (Å²) in [7, 11) is 1.56. The number of non-ortho nitro benzene ring substituents is 1. The van der Waals surface area contributed by atoms with Crippen LogP contribution in [0.4, 0.5) is 5.69 Å². The lowest BCUT2D eigenvalue weighted by molar-refractivity contribution is -0.384. The number of likely N-dealkylation sites (N-methyl/N-ethyl adjacent to an activating group) is 1. The quantitative estimate of drug-likeness (QED) is 0.586. The van der Waals surface area contributed by atoms with Crippen molar-refractivity contribution >= 4 is 5.69 Å². The zero-order valence-corrected chi connectivity index (χ0v) is 10.8. The predicted molar refractivity (Wildman–Crippen MR) is 69.7 cm³/mol. The van der Waals surface area contributed by atoms with E-state index in [-0.39, 0.29) is 5.69 Å². The standard InChI is InChI=1S/C12H19N3O3/c1-3-14(7-6-13)9-10-8-11(15(16)17)4-5-12(10)18-2/h4-5,8H,3,6-7,9,13H2,1-2H3. The van der Waals surface area contributed by atoms with Gasteiger partial charge in [-0.3, -0.25) is 15.0 Å². The van der Waals surface area contributed by atoms with E-state index in [0.717, 1.165) is 18.7 Å². The molecule has 18 heavy (non-hydrogen) atoms. The lowest BCUT2D eigenvalue weighted by atomic mass is 10.1. The summed E-state index contributed by atoms with van der Waals surface area (Å²) in [6, 6.07) is 4.63. The van der Waals surface area contributed by atoms with Gasteiger partial charge in [0, 0.05) is 37.3 Å². The summed E-state index contributed by atoms with van der Waals surface area (Å²) in [4.78, 5) is 12.5. The molecule has 0 spiro atoms. The van der Waals surface area contributed by atoms with Gasteiger partial charge in [0.1, 0.15) is 5.75 Å². The summed E-state index contributed by atoms with van der Waals surface area (Å²) in [5.41, 5.74) is 6.41. The van der Waals surface area contributed by atoms with Crippen molar-refractivity contribution in [3.63, 3.8) is 0 Å². The molecule has 0 amide bonds. The van der Waals surface area contributed by atoms with Crippen LogP contribution in [0.3, 0.4) is 0 Å². The van der Waals surface area contributed by atoms with Gasteiger partial charge in [-0.15, -0.1) is 0 Å². The second-order valence-electron chi connectivity index (χ2n) is 3.91. The van der Waals surface area contributed by atoms with E-state index in [9.17, 15) is 10.1 Å². The number of ether oxygens (including phenoxy) is 1. The fraction of sp³-hybridized carbons (Fsp3) is 0.500. The van der Waals surface area contributed by atoms with Crippen LogP contribution in [0.15, 0.2) is 18.2 Å². The van der Waals surface area contributed by atoms with Crippen molar-refractivity contribution < 1.29 is 9.66 Å². The third kappa shape index (κ3) is 3.68. The molecule has 0 saturated carbocycles. The number of hydrogen-bond acceptors (Lipinski definition) is 5. The van der Waals surface area contributed by atoms with E-state index >= 15 is 0 Å². The van der Waals surface area contributed by atoms with Crippen molar-refractivity contribution in [1.82, 2.24) is 4.90 Å². The molecule has 0 bridgehead atoms. The molecule has 0 aliphatic heterocycles. The van der Waals surface area contributed by atoms with Gasteiger partial charge in [-0.2, -0.15) is 0 Å². The molecular formula is C12H19N3O3. The maximum absolute atomic E-state index is 10.8. The lowest BCUT2D eigenvalue weighted by Crippen LogP contribution is -2.29. The van der Waals surface area contributed by atoms with Crippen LogP contribution in [0.1, 0.15) is 12.5 Å². The van der Waals surface area contributed by atoms with E-state index in [2.05, 4.69) is 4.90 Å². The van der Waals surface area contributed by atoms with Crippen molar-refractivity contribution in [3.05, 3.63) is 33.9 Å². The largest absolute Gasteiger partial charge is 0.496 e. The molecule has 0 radical (unpaired) electrons. The van der Waals surface area contributed by atoms with Gasteiger partial charge >= 0.3 is 0 Å². The Bertz CT molecular complexity index is 410. The lowest BCUT2D eigenvalue weighted by Gasteiger charge is -2.20. The first kappa shape index (κ1) is 14.4. The summed E-state index contributed by atoms with van der Waals surface area (Å²) >= 11 is 0. The summed E-state index contributed by atoms with van der Waals surface area (Å²) in [5.74, 6) is 0.663. The maximum atomic E-state index is 10.8.